The number of likely N-dealkylation sites (tertiary alicyclic amines) is 1. The number of hydrogen-bond acceptors (Lipinski definition) is 4. The van der Waals surface area contributed by atoms with Gasteiger partial charge in [-0.05, 0) is 86.8 Å². The molecule has 2 amide bonds. The lowest BCUT2D eigenvalue weighted by molar-refractivity contribution is 0.0600. The number of rotatable bonds is 8. The fourth-order valence-electron chi connectivity index (χ4n) is 4.75. The van der Waals surface area contributed by atoms with Crippen LogP contribution in [0.3, 0.4) is 0 Å². The van der Waals surface area contributed by atoms with Gasteiger partial charge in [-0.25, -0.2) is 9.59 Å². The van der Waals surface area contributed by atoms with Gasteiger partial charge < -0.3 is 25.3 Å². The minimum Gasteiger partial charge on any atom is -0.465 e. The Kier molecular flexibility index (Phi) is 7.85. The van der Waals surface area contributed by atoms with Gasteiger partial charge in [0.05, 0.1) is 12.7 Å². The number of amides is 2. The van der Waals surface area contributed by atoms with Crippen LogP contribution in [0.4, 0.5) is 16.2 Å². The van der Waals surface area contributed by atoms with Crippen molar-refractivity contribution < 1.29 is 14.3 Å². The summed E-state index contributed by atoms with van der Waals surface area (Å²) in [7, 11) is 1.33. The first-order chi connectivity index (χ1) is 16.6. The summed E-state index contributed by atoms with van der Waals surface area (Å²) in [6.45, 7) is 5.75. The maximum Gasteiger partial charge on any atom is 0.337 e. The van der Waals surface area contributed by atoms with Crippen molar-refractivity contribution in [1.82, 2.24) is 9.88 Å². The number of esters is 1. The number of unbranched alkanes of at least 4 members (excludes halogenated alkanes) is 2. The molecule has 7 heteroatoms. The molecular formula is C27H34N4O3. The zero-order valence-electron chi connectivity index (χ0n) is 20.0. The van der Waals surface area contributed by atoms with E-state index in [1.54, 1.807) is 24.3 Å². The van der Waals surface area contributed by atoms with Gasteiger partial charge in [0.15, 0.2) is 0 Å². The number of piperidine rings is 1. The molecule has 0 spiro atoms. The molecular weight excluding hydrogens is 428 g/mol. The molecule has 0 saturated carbocycles. The van der Waals surface area contributed by atoms with E-state index in [4.69, 9.17) is 4.74 Å². The Morgan fingerprint density at radius 1 is 1.06 bits per heavy atom. The van der Waals surface area contributed by atoms with Crippen LogP contribution in [0.1, 0.15) is 60.9 Å². The van der Waals surface area contributed by atoms with Gasteiger partial charge >= 0.3 is 12.0 Å². The fraction of sp³-hybridized carbons (Fsp3) is 0.407. The third-order valence-corrected chi connectivity index (χ3v) is 6.62. The number of aromatic amines is 1. The third-order valence-electron chi connectivity index (χ3n) is 6.62. The Labute approximate surface area is 200 Å². The lowest BCUT2D eigenvalue weighted by Gasteiger charge is -2.32. The highest BCUT2D eigenvalue weighted by Crippen LogP contribution is 2.34. The molecule has 4 rings (SSSR count). The van der Waals surface area contributed by atoms with Crippen molar-refractivity contribution in [2.75, 3.05) is 37.4 Å². The van der Waals surface area contributed by atoms with E-state index in [1.165, 1.54) is 38.5 Å². The molecule has 1 fully saturated rings. The maximum absolute atomic E-state index is 12.6. The normalized spacial score (nSPS) is 14.8. The van der Waals surface area contributed by atoms with E-state index >= 15 is 0 Å². The topological polar surface area (TPSA) is 86.5 Å². The summed E-state index contributed by atoms with van der Waals surface area (Å²) >= 11 is 0. The molecule has 3 N–H and O–H groups in total. The number of carbonyl (C=O) groups excluding carboxylic acids is 2. The number of benzene rings is 2. The van der Waals surface area contributed by atoms with Gasteiger partial charge in [0.2, 0.25) is 0 Å². The molecule has 1 aromatic heterocycles. The summed E-state index contributed by atoms with van der Waals surface area (Å²) in [6, 6.07) is 12.2. The number of anilines is 2. The summed E-state index contributed by atoms with van der Waals surface area (Å²) in [6.07, 6.45) is 8.31. The largest absolute Gasteiger partial charge is 0.465 e. The molecule has 0 aliphatic carbocycles. The van der Waals surface area contributed by atoms with Crippen molar-refractivity contribution in [3.8, 4) is 0 Å². The minimum atomic E-state index is -0.443. The molecule has 1 aliphatic rings. The van der Waals surface area contributed by atoms with Crippen molar-refractivity contribution in [3.63, 3.8) is 0 Å². The van der Waals surface area contributed by atoms with Gasteiger partial charge in [0.1, 0.15) is 0 Å². The Morgan fingerprint density at radius 2 is 1.82 bits per heavy atom. The van der Waals surface area contributed by atoms with E-state index in [0.29, 0.717) is 17.2 Å². The van der Waals surface area contributed by atoms with Crippen LogP contribution >= 0.6 is 0 Å². The Balaban J connectivity index is 1.40. The molecule has 2 heterocycles. The molecule has 0 bridgehead atoms. The van der Waals surface area contributed by atoms with Gasteiger partial charge in [0.25, 0.3) is 0 Å². The highest BCUT2D eigenvalue weighted by atomic mass is 16.5. The van der Waals surface area contributed by atoms with Crippen molar-refractivity contribution in [1.29, 1.82) is 0 Å². The number of ether oxygens (including phenoxy) is 1. The lowest BCUT2D eigenvalue weighted by Crippen LogP contribution is -2.33. The maximum atomic E-state index is 12.6. The predicted octanol–water partition coefficient (Wildman–Crippen LogP) is 5.97. The van der Waals surface area contributed by atoms with Crippen molar-refractivity contribution in [2.24, 2.45) is 0 Å². The fourth-order valence-corrected chi connectivity index (χ4v) is 4.75. The second-order valence-electron chi connectivity index (χ2n) is 8.98. The van der Waals surface area contributed by atoms with Gasteiger partial charge in [-0.3, -0.25) is 0 Å². The molecule has 1 saturated heterocycles. The van der Waals surface area contributed by atoms with Crippen molar-refractivity contribution in [3.05, 3.63) is 59.8 Å². The highest BCUT2D eigenvalue weighted by Gasteiger charge is 2.22. The van der Waals surface area contributed by atoms with Crippen LogP contribution in [0, 0.1) is 0 Å². The molecule has 34 heavy (non-hydrogen) atoms. The van der Waals surface area contributed by atoms with E-state index < -0.39 is 5.97 Å². The van der Waals surface area contributed by atoms with E-state index in [-0.39, 0.29) is 6.03 Å². The Morgan fingerprint density at radius 3 is 2.56 bits per heavy atom. The second-order valence-corrected chi connectivity index (χ2v) is 8.98. The van der Waals surface area contributed by atoms with Gasteiger partial charge in [0, 0.05) is 28.5 Å². The lowest BCUT2D eigenvalue weighted by atomic mass is 9.89. The predicted molar refractivity (Wildman–Crippen MR) is 137 cm³/mol. The van der Waals surface area contributed by atoms with Gasteiger partial charge in [-0.2, -0.15) is 0 Å². The number of methoxy groups -OCH3 is 1. The molecule has 7 nitrogen and oxygen atoms in total. The first-order valence-corrected chi connectivity index (χ1v) is 12.2. The number of urea groups is 1. The van der Waals surface area contributed by atoms with Crippen LogP contribution < -0.4 is 10.6 Å². The number of carbonyl (C=O) groups is 2. The number of nitrogens with one attached hydrogen (secondary N) is 3. The number of aromatic nitrogens is 1. The molecule has 3 aromatic rings. The quantitative estimate of drug-likeness (QED) is 0.284. The molecule has 0 radical (unpaired) electrons. The van der Waals surface area contributed by atoms with Crippen LogP contribution in [0.25, 0.3) is 10.9 Å². The minimum absolute atomic E-state index is 0.362. The average Bonchev–Trinajstić information content (AvgIpc) is 3.27. The van der Waals surface area contributed by atoms with Crippen LogP contribution in [-0.2, 0) is 4.74 Å². The second kappa shape index (κ2) is 11.2. The number of hydrogen-bond donors (Lipinski definition) is 3. The standard InChI is InChI=1S/C27H34N4O3/c1-3-4-5-13-31-14-11-19(12-15-31)24-18-28-25-10-9-22(17-23(24)25)30-27(33)29-21-8-6-7-20(16-21)26(32)34-2/h6-10,16-19,28H,3-5,11-15H2,1-2H3,(H2,29,30,33). The van der Waals surface area contributed by atoms with E-state index in [0.717, 1.165) is 42.5 Å². The Bertz CT molecular complexity index is 1130. The zero-order chi connectivity index (χ0) is 23.9. The number of H-pyrrole nitrogens is 1. The SMILES string of the molecule is CCCCCN1CCC(c2c[nH]c3ccc(NC(=O)Nc4cccc(C(=O)OC)c4)cc23)CC1. The van der Waals surface area contributed by atoms with Crippen LogP contribution in [0.5, 0.6) is 0 Å². The van der Waals surface area contributed by atoms with Gasteiger partial charge in [-0.15, -0.1) is 0 Å². The molecule has 0 unspecified atom stereocenters. The van der Waals surface area contributed by atoms with Crippen LogP contribution in [0.15, 0.2) is 48.7 Å². The molecule has 2 aromatic carbocycles. The summed E-state index contributed by atoms with van der Waals surface area (Å²) < 4.78 is 4.74. The summed E-state index contributed by atoms with van der Waals surface area (Å²) in [5, 5.41) is 6.86. The van der Waals surface area contributed by atoms with Crippen molar-refractivity contribution >= 4 is 34.3 Å². The third kappa shape index (κ3) is 5.78. The van der Waals surface area contributed by atoms with E-state index in [9.17, 15) is 9.59 Å². The molecule has 1 aliphatic heterocycles. The smallest absolute Gasteiger partial charge is 0.337 e. The average molecular weight is 463 g/mol. The number of nitrogens with zero attached hydrogens (tertiary/aromatic N) is 1. The highest BCUT2D eigenvalue weighted by molar-refractivity contribution is 6.02. The molecule has 180 valence electrons. The monoisotopic (exact) mass is 462 g/mol. The summed E-state index contributed by atoms with van der Waals surface area (Å²) in [4.78, 5) is 30.3. The van der Waals surface area contributed by atoms with Crippen molar-refractivity contribution in [2.45, 2.75) is 44.9 Å². The summed E-state index contributed by atoms with van der Waals surface area (Å²) in [5.41, 5.74) is 4.05. The zero-order valence-corrected chi connectivity index (χ0v) is 20.0. The van der Waals surface area contributed by atoms with Crippen LogP contribution in [0.2, 0.25) is 0 Å². The number of fused-ring (bicyclic) bond motifs is 1. The van der Waals surface area contributed by atoms with E-state index in [2.05, 4.69) is 33.6 Å². The van der Waals surface area contributed by atoms with Crippen LogP contribution in [-0.4, -0.2) is 48.6 Å². The Hall–Kier alpha value is -3.32. The summed E-state index contributed by atoms with van der Waals surface area (Å²) in [5.74, 6) is 0.0857. The van der Waals surface area contributed by atoms with Gasteiger partial charge in [-0.1, -0.05) is 25.8 Å². The molecule has 0 atom stereocenters. The first-order valence-electron chi connectivity index (χ1n) is 12.2. The van der Waals surface area contributed by atoms with E-state index in [1.807, 2.05) is 18.2 Å². The first kappa shape index (κ1) is 23.8.